The van der Waals surface area contributed by atoms with Gasteiger partial charge in [-0.3, -0.25) is 14.9 Å². The molecule has 0 bridgehead atoms. The Morgan fingerprint density at radius 1 is 1.11 bits per heavy atom. The molecule has 8 heteroatoms. The van der Waals surface area contributed by atoms with E-state index in [9.17, 15) is 19.2 Å². The highest BCUT2D eigenvalue weighted by Crippen LogP contribution is 2.27. The van der Waals surface area contributed by atoms with Crippen LogP contribution in [0.4, 0.5) is 10.5 Å². The predicted octanol–water partition coefficient (Wildman–Crippen LogP) is 2.12. The number of rotatable bonds is 5. The summed E-state index contributed by atoms with van der Waals surface area (Å²) in [6.45, 7) is 1.17. The third kappa shape index (κ3) is 3.75. The van der Waals surface area contributed by atoms with Crippen molar-refractivity contribution in [2.45, 2.75) is 6.92 Å². The molecule has 0 aliphatic carbocycles. The molecule has 0 atom stereocenters. The van der Waals surface area contributed by atoms with Crippen LogP contribution in [-0.4, -0.2) is 35.5 Å². The molecule has 0 aromatic heterocycles. The molecule has 1 fully saturated rings. The number of benzene rings is 2. The highest BCUT2D eigenvalue weighted by Gasteiger charge is 2.37. The number of hydrogen-bond donors (Lipinski definition) is 2. The smallest absolute Gasteiger partial charge is 0.341 e. The number of para-hydroxylation sites is 2. The number of carbonyl (C=O) groups is 4. The first-order valence-electron chi connectivity index (χ1n) is 8.29. The van der Waals surface area contributed by atoms with Crippen molar-refractivity contribution in [2.75, 3.05) is 11.5 Å². The van der Waals surface area contributed by atoms with E-state index in [-0.39, 0.29) is 11.3 Å². The van der Waals surface area contributed by atoms with Gasteiger partial charge in [-0.2, -0.15) is 0 Å². The molecule has 2 aromatic carbocycles. The molecule has 3 rings (SSSR count). The summed E-state index contributed by atoms with van der Waals surface area (Å²) in [5, 5.41) is 10.9. The predicted molar refractivity (Wildman–Crippen MR) is 99.8 cm³/mol. The number of anilines is 1. The third-order valence-corrected chi connectivity index (χ3v) is 4.03. The molecule has 0 radical (unpaired) electrons. The van der Waals surface area contributed by atoms with Gasteiger partial charge in [0.05, 0.1) is 5.69 Å². The Bertz CT molecular complexity index is 1010. The Hall–Kier alpha value is -3.94. The maximum absolute atomic E-state index is 12.9. The van der Waals surface area contributed by atoms with Gasteiger partial charge < -0.3 is 9.84 Å². The van der Waals surface area contributed by atoms with Crippen LogP contribution in [0.25, 0.3) is 6.08 Å². The minimum atomic E-state index is -1.16. The molecule has 142 valence electrons. The molecule has 1 aliphatic rings. The van der Waals surface area contributed by atoms with E-state index in [0.29, 0.717) is 16.8 Å². The lowest BCUT2D eigenvalue weighted by molar-refractivity contribution is -0.139. The Morgan fingerprint density at radius 3 is 2.50 bits per heavy atom. The van der Waals surface area contributed by atoms with E-state index in [1.54, 1.807) is 49.4 Å². The van der Waals surface area contributed by atoms with Crippen molar-refractivity contribution in [1.82, 2.24) is 5.32 Å². The minimum Gasteiger partial charge on any atom is -0.481 e. The first-order valence-corrected chi connectivity index (χ1v) is 8.29. The van der Waals surface area contributed by atoms with Crippen molar-refractivity contribution in [1.29, 1.82) is 0 Å². The first kappa shape index (κ1) is 18.8. The van der Waals surface area contributed by atoms with E-state index >= 15 is 0 Å². The molecule has 2 N–H and O–H groups in total. The van der Waals surface area contributed by atoms with Crippen molar-refractivity contribution >= 4 is 35.6 Å². The Labute approximate surface area is 160 Å². The van der Waals surface area contributed by atoms with Crippen molar-refractivity contribution in [2.24, 2.45) is 0 Å². The fourth-order valence-corrected chi connectivity index (χ4v) is 2.72. The maximum Gasteiger partial charge on any atom is 0.341 e. The van der Waals surface area contributed by atoms with E-state index < -0.39 is 30.4 Å². The summed E-state index contributed by atoms with van der Waals surface area (Å²) in [5.41, 5.74) is 1.11. The van der Waals surface area contributed by atoms with E-state index in [1.165, 1.54) is 12.1 Å². The van der Waals surface area contributed by atoms with E-state index in [4.69, 9.17) is 9.84 Å². The Balaban J connectivity index is 2.01. The Kier molecular flexibility index (Phi) is 5.21. The molecular formula is C20H16N2O6. The van der Waals surface area contributed by atoms with Crippen LogP contribution in [0, 0.1) is 6.92 Å². The van der Waals surface area contributed by atoms with Crippen molar-refractivity contribution in [3.05, 3.63) is 65.2 Å². The maximum atomic E-state index is 12.9. The van der Waals surface area contributed by atoms with Gasteiger partial charge in [0.1, 0.15) is 11.3 Å². The van der Waals surface area contributed by atoms with Crippen molar-refractivity contribution in [3.8, 4) is 5.75 Å². The number of barbiturate groups is 1. The van der Waals surface area contributed by atoms with Gasteiger partial charge in [0.15, 0.2) is 6.61 Å². The van der Waals surface area contributed by atoms with Crippen LogP contribution < -0.4 is 15.0 Å². The number of carboxylic acids is 1. The number of carbonyl (C=O) groups excluding carboxylic acids is 3. The number of carboxylic acid groups (broad SMARTS) is 1. The zero-order chi connectivity index (χ0) is 20.3. The van der Waals surface area contributed by atoms with Gasteiger partial charge in [0.25, 0.3) is 11.8 Å². The van der Waals surface area contributed by atoms with Crippen LogP contribution in [0.3, 0.4) is 0 Å². The van der Waals surface area contributed by atoms with Crippen LogP contribution in [0.15, 0.2) is 54.1 Å². The molecule has 8 nitrogen and oxygen atoms in total. The lowest BCUT2D eigenvalue weighted by atomic mass is 10.1. The standard InChI is InChI=1S/C20H16N2O6/c1-12-6-2-4-8-15(12)22-19(26)14(18(25)21-20(22)27)10-13-7-3-5-9-16(13)28-11-17(23)24/h2-10H,11H2,1H3,(H,23,24)(H,21,25,27)/b14-10+. The highest BCUT2D eigenvalue weighted by molar-refractivity contribution is 6.39. The van der Waals surface area contributed by atoms with E-state index in [0.717, 1.165) is 4.90 Å². The summed E-state index contributed by atoms with van der Waals surface area (Å²) in [5.74, 6) is -2.59. The number of ether oxygens (including phenoxy) is 1. The average Bonchev–Trinajstić information content (AvgIpc) is 2.65. The number of nitrogens with one attached hydrogen (secondary N) is 1. The molecule has 1 saturated heterocycles. The number of aliphatic carboxylic acids is 1. The topological polar surface area (TPSA) is 113 Å². The molecule has 1 aliphatic heterocycles. The number of amides is 4. The normalized spacial score (nSPS) is 15.5. The Morgan fingerprint density at radius 2 is 1.79 bits per heavy atom. The summed E-state index contributed by atoms with van der Waals surface area (Å²) in [6, 6.07) is 12.3. The largest absolute Gasteiger partial charge is 0.481 e. The summed E-state index contributed by atoms with van der Waals surface area (Å²) in [7, 11) is 0. The van der Waals surface area contributed by atoms with Gasteiger partial charge in [0.2, 0.25) is 0 Å². The average molecular weight is 380 g/mol. The first-order chi connectivity index (χ1) is 13.4. The van der Waals surface area contributed by atoms with Crippen LogP contribution in [0.1, 0.15) is 11.1 Å². The second-order valence-corrected chi connectivity index (χ2v) is 5.96. The van der Waals surface area contributed by atoms with Crippen LogP contribution >= 0.6 is 0 Å². The van der Waals surface area contributed by atoms with Gasteiger partial charge in [-0.15, -0.1) is 0 Å². The second-order valence-electron chi connectivity index (χ2n) is 5.96. The van der Waals surface area contributed by atoms with Gasteiger partial charge in [-0.25, -0.2) is 14.5 Å². The molecule has 28 heavy (non-hydrogen) atoms. The molecule has 0 spiro atoms. The fourth-order valence-electron chi connectivity index (χ4n) is 2.72. The highest BCUT2D eigenvalue weighted by atomic mass is 16.5. The van der Waals surface area contributed by atoms with Gasteiger partial charge >= 0.3 is 12.0 Å². The quantitative estimate of drug-likeness (QED) is 0.607. The molecule has 0 unspecified atom stereocenters. The van der Waals surface area contributed by atoms with Gasteiger partial charge in [0, 0.05) is 5.56 Å². The van der Waals surface area contributed by atoms with Gasteiger partial charge in [-0.05, 0) is 30.7 Å². The summed E-state index contributed by atoms with van der Waals surface area (Å²) in [4.78, 5) is 49.1. The molecule has 4 amide bonds. The number of aryl methyl sites for hydroxylation is 1. The zero-order valence-electron chi connectivity index (χ0n) is 14.8. The van der Waals surface area contributed by atoms with Crippen LogP contribution in [-0.2, 0) is 14.4 Å². The van der Waals surface area contributed by atoms with Crippen LogP contribution in [0.2, 0.25) is 0 Å². The second kappa shape index (κ2) is 7.75. The fraction of sp³-hybridized carbons (Fsp3) is 0.100. The zero-order valence-corrected chi connectivity index (χ0v) is 14.8. The van der Waals surface area contributed by atoms with Crippen LogP contribution in [0.5, 0.6) is 5.75 Å². The molecule has 0 saturated carbocycles. The number of hydrogen-bond acceptors (Lipinski definition) is 5. The summed E-state index contributed by atoms with van der Waals surface area (Å²) < 4.78 is 5.19. The monoisotopic (exact) mass is 380 g/mol. The van der Waals surface area contributed by atoms with Crippen molar-refractivity contribution in [3.63, 3.8) is 0 Å². The van der Waals surface area contributed by atoms with Crippen molar-refractivity contribution < 1.29 is 29.0 Å². The lowest BCUT2D eigenvalue weighted by Crippen LogP contribution is -2.54. The molecular weight excluding hydrogens is 364 g/mol. The SMILES string of the molecule is Cc1ccccc1N1C(=O)NC(=O)/C(=C\c2ccccc2OCC(=O)O)C1=O. The van der Waals surface area contributed by atoms with E-state index in [1.807, 2.05) is 0 Å². The van der Waals surface area contributed by atoms with E-state index in [2.05, 4.69) is 5.32 Å². The summed E-state index contributed by atoms with van der Waals surface area (Å²) >= 11 is 0. The minimum absolute atomic E-state index is 0.192. The number of urea groups is 1. The number of nitrogens with zero attached hydrogens (tertiary/aromatic N) is 1. The number of imide groups is 2. The lowest BCUT2D eigenvalue weighted by Gasteiger charge is -2.27. The summed E-state index contributed by atoms with van der Waals surface area (Å²) in [6.07, 6.45) is 1.27. The molecule has 2 aromatic rings. The third-order valence-electron chi connectivity index (χ3n) is 4.03. The molecule has 1 heterocycles. The van der Waals surface area contributed by atoms with Gasteiger partial charge in [-0.1, -0.05) is 36.4 Å².